The van der Waals surface area contributed by atoms with Gasteiger partial charge in [-0.05, 0) is 66.5 Å². The van der Waals surface area contributed by atoms with Crippen LogP contribution in [0.4, 0.5) is 4.39 Å². The number of halogens is 1. The van der Waals surface area contributed by atoms with Gasteiger partial charge in [-0.2, -0.15) is 13.7 Å². The third-order valence-electron chi connectivity index (χ3n) is 4.46. The Balaban J connectivity index is 1.86. The second-order valence-corrected chi connectivity index (χ2v) is 7.03. The van der Waals surface area contributed by atoms with Crippen molar-refractivity contribution in [2.24, 2.45) is 0 Å². The molecule has 24 heavy (non-hydrogen) atoms. The summed E-state index contributed by atoms with van der Waals surface area (Å²) >= 11 is 1.46. The van der Waals surface area contributed by atoms with Gasteiger partial charge in [-0.1, -0.05) is 0 Å². The van der Waals surface area contributed by atoms with E-state index >= 15 is 0 Å². The molecule has 4 aromatic rings. The van der Waals surface area contributed by atoms with Crippen LogP contribution in [-0.2, 0) is 0 Å². The van der Waals surface area contributed by atoms with Gasteiger partial charge in [0.1, 0.15) is 5.52 Å². The molecule has 1 aliphatic rings. The summed E-state index contributed by atoms with van der Waals surface area (Å²) in [7, 11) is 0. The average Bonchev–Trinajstić information content (AvgIpc) is 3.29. The number of aromatic nitrogens is 4. The minimum Gasteiger partial charge on any atom is -0.262 e. The summed E-state index contributed by atoms with van der Waals surface area (Å²) in [6, 6.07) is 5.59. The Morgan fingerprint density at radius 3 is 2.88 bits per heavy atom. The molecular weight excluding hydrogens is 323 g/mol. The predicted octanol–water partition coefficient (Wildman–Crippen LogP) is 4.63. The number of rotatable bonds is 2. The Morgan fingerprint density at radius 1 is 1.21 bits per heavy atom. The quantitative estimate of drug-likeness (QED) is 0.501. The smallest absolute Gasteiger partial charge is 0.222 e. The number of hydrogen-bond donors (Lipinski definition) is 0. The molecule has 118 valence electrons. The van der Waals surface area contributed by atoms with E-state index in [0.29, 0.717) is 17.1 Å². The molecule has 1 fully saturated rings. The number of aryl methyl sites for hydroxylation is 1. The SMILES string of the molecule is Cc1cc(-c2cc3c(C4CC4)c4sncc4nc3nc2F)ccn1. The predicted molar refractivity (Wildman–Crippen MR) is 92.6 cm³/mol. The van der Waals surface area contributed by atoms with Crippen LogP contribution in [-0.4, -0.2) is 19.3 Å². The van der Waals surface area contributed by atoms with Gasteiger partial charge in [0.15, 0.2) is 5.65 Å². The van der Waals surface area contributed by atoms with Crippen molar-refractivity contribution in [3.05, 3.63) is 47.8 Å². The molecule has 5 rings (SSSR count). The van der Waals surface area contributed by atoms with Gasteiger partial charge in [0.2, 0.25) is 5.95 Å². The summed E-state index contributed by atoms with van der Waals surface area (Å²) in [5.74, 6) is 0.0163. The van der Waals surface area contributed by atoms with Crippen LogP contribution in [0.1, 0.15) is 30.0 Å². The van der Waals surface area contributed by atoms with Crippen LogP contribution in [0.15, 0.2) is 30.6 Å². The van der Waals surface area contributed by atoms with Gasteiger partial charge >= 0.3 is 0 Å². The van der Waals surface area contributed by atoms with Crippen molar-refractivity contribution in [1.82, 2.24) is 19.3 Å². The van der Waals surface area contributed by atoms with E-state index in [2.05, 4.69) is 19.3 Å². The molecular formula is C18H13FN4S. The van der Waals surface area contributed by atoms with E-state index < -0.39 is 5.95 Å². The molecule has 6 heteroatoms. The normalized spacial score (nSPS) is 14.6. The third kappa shape index (κ3) is 2.10. The van der Waals surface area contributed by atoms with Gasteiger partial charge in [0, 0.05) is 22.8 Å². The summed E-state index contributed by atoms with van der Waals surface area (Å²) in [6.07, 6.45) is 5.76. The van der Waals surface area contributed by atoms with Gasteiger partial charge in [0.05, 0.1) is 10.9 Å². The highest BCUT2D eigenvalue weighted by Crippen LogP contribution is 2.47. The maximum atomic E-state index is 14.6. The van der Waals surface area contributed by atoms with Gasteiger partial charge in [-0.3, -0.25) is 4.98 Å². The van der Waals surface area contributed by atoms with Crippen molar-refractivity contribution in [3.63, 3.8) is 0 Å². The minimum atomic E-state index is -0.495. The molecule has 0 aromatic carbocycles. The van der Waals surface area contributed by atoms with Gasteiger partial charge < -0.3 is 0 Å². The van der Waals surface area contributed by atoms with Crippen molar-refractivity contribution in [3.8, 4) is 11.1 Å². The maximum Gasteiger partial charge on any atom is 0.222 e. The van der Waals surface area contributed by atoms with E-state index in [1.807, 2.05) is 25.1 Å². The molecule has 0 spiro atoms. The Morgan fingerprint density at radius 2 is 2.08 bits per heavy atom. The monoisotopic (exact) mass is 336 g/mol. The van der Waals surface area contributed by atoms with Gasteiger partial charge in [-0.15, -0.1) is 0 Å². The Labute approximate surface area is 141 Å². The molecule has 1 saturated carbocycles. The summed E-state index contributed by atoms with van der Waals surface area (Å²) < 4.78 is 20.0. The van der Waals surface area contributed by atoms with Crippen molar-refractivity contribution >= 4 is 32.8 Å². The molecule has 4 nitrogen and oxygen atoms in total. The van der Waals surface area contributed by atoms with Crippen molar-refractivity contribution < 1.29 is 4.39 Å². The first-order valence-corrected chi connectivity index (χ1v) is 8.65. The van der Waals surface area contributed by atoms with Gasteiger partial charge in [0.25, 0.3) is 0 Å². The van der Waals surface area contributed by atoms with Crippen LogP contribution >= 0.6 is 11.5 Å². The zero-order valence-electron chi connectivity index (χ0n) is 13.0. The fraction of sp³-hybridized carbons (Fsp3) is 0.222. The first kappa shape index (κ1) is 13.9. The summed E-state index contributed by atoms with van der Waals surface area (Å²) in [4.78, 5) is 12.9. The molecule has 0 atom stereocenters. The van der Waals surface area contributed by atoms with E-state index in [1.54, 1.807) is 12.4 Å². The highest BCUT2D eigenvalue weighted by molar-refractivity contribution is 7.13. The van der Waals surface area contributed by atoms with E-state index in [-0.39, 0.29) is 0 Å². The highest BCUT2D eigenvalue weighted by Gasteiger charge is 2.29. The lowest BCUT2D eigenvalue weighted by atomic mass is 10.0. The fourth-order valence-corrected chi connectivity index (χ4v) is 4.02. The molecule has 0 radical (unpaired) electrons. The van der Waals surface area contributed by atoms with Crippen LogP contribution < -0.4 is 0 Å². The standard InChI is InChI=1S/C18H13FN4S/c1-9-6-11(4-5-20-9)12-7-13-15(10-2-3-10)16-14(8-21-24-16)22-18(13)23-17(12)19/h4-8,10H,2-3H2,1H3. The van der Waals surface area contributed by atoms with Crippen LogP contribution in [0.2, 0.25) is 0 Å². The molecule has 4 heterocycles. The lowest BCUT2D eigenvalue weighted by Crippen LogP contribution is -1.97. The zero-order valence-corrected chi connectivity index (χ0v) is 13.8. The number of fused-ring (bicyclic) bond motifs is 2. The first-order chi connectivity index (χ1) is 11.7. The molecule has 0 aliphatic heterocycles. The summed E-state index contributed by atoms with van der Waals surface area (Å²) in [5, 5.41) is 0.945. The number of nitrogens with zero attached hydrogens (tertiary/aromatic N) is 4. The number of pyridine rings is 3. The van der Waals surface area contributed by atoms with Crippen LogP contribution in [0, 0.1) is 12.9 Å². The molecule has 4 aromatic heterocycles. The Kier molecular flexibility index (Phi) is 2.91. The molecule has 0 bridgehead atoms. The molecule has 0 unspecified atom stereocenters. The molecule has 1 aliphatic carbocycles. The minimum absolute atomic E-state index is 0.469. The molecule has 0 N–H and O–H groups in total. The number of hydrogen-bond acceptors (Lipinski definition) is 5. The summed E-state index contributed by atoms with van der Waals surface area (Å²) in [6.45, 7) is 1.90. The van der Waals surface area contributed by atoms with E-state index in [9.17, 15) is 4.39 Å². The van der Waals surface area contributed by atoms with E-state index in [1.165, 1.54) is 17.1 Å². The molecule has 0 saturated heterocycles. The Bertz CT molecular complexity index is 1100. The lowest BCUT2D eigenvalue weighted by Gasteiger charge is -2.10. The largest absolute Gasteiger partial charge is 0.262 e. The van der Waals surface area contributed by atoms with Crippen molar-refractivity contribution in [2.75, 3.05) is 0 Å². The van der Waals surface area contributed by atoms with E-state index in [4.69, 9.17) is 0 Å². The maximum absolute atomic E-state index is 14.6. The van der Waals surface area contributed by atoms with Crippen molar-refractivity contribution in [1.29, 1.82) is 0 Å². The third-order valence-corrected chi connectivity index (χ3v) is 5.28. The zero-order chi connectivity index (χ0) is 16.3. The second kappa shape index (κ2) is 5.01. The van der Waals surface area contributed by atoms with Gasteiger partial charge in [-0.25, -0.2) is 4.98 Å². The summed E-state index contributed by atoms with van der Waals surface area (Å²) in [5.41, 5.74) is 4.66. The Hall–Kier alpha value is -2.47. The average molecular weight is 336 g/mol. The van der Waals surface area contributed by atoms with E-state index in [0.717, 1.165) is 39.7 Å². The van der Waals surface area contributed by atoms with Crippen LogP contribution in [0.3, 0.4) is 0 Å². The van der Waals surface area contributed by atoms with Crippen LogP contribution in [0.25, 0.3) is 32.4 Å². The topological polar surface area (TPSA) is 51.6 Å². The van der Waals surface area contributed by atoms with Crippen molar-refractivity contribution in [2.45, 2.75) is 25.7 Å². The van der Waals surface area contributed by atoms with Crippen LogP contribution in [0.5, 0.6) is 0 Å². The highest BCUT2D eigenvalue weighted by atomic mass is 32.1. The molecule has 0 amide bonds. The fourth-order valence-electron chi connectivity index (χ4n) is 3.20. The second-order valence-electron chi connectivity index (χ2n) is 6.22. The first-order valence-electron chi connectivity index (χ1n) is 7.88. The lowest BCUT2D eigenvalue weighted by molar-refractivity contribution is 0.592.